The molecule has 0 saturated heterocycles. The predicted octanol–water partition coefficient (Wildman–Crippen LogP) is 13.3. The largest absolute Gasteiger partial charge is 0.512 e. The van der Waals surface area contributed by atoms with Gasteiger partial charge >= 0.3 is 0 Å². The van der Waals surface area contributed by atoms with Gasteiger partial charge < -0.3 is 9.84 Å². The number of ether oxygens (including phenoxy) is 1. The van der Waals surface area contributed by atoms with E-state index in [2.05, 4.69) is 103 Å². The predicted molar refractivity (Wildman–Crippen MR) is 226 cm³/mol. The van der Waals surface area contributed by atoms with Crippen molar-refractivity contribution in [2.75, 3.05) is 0 Å². The van der Waals surface area contributed by atoms with E-state index in [1.165, 1.54) is 22.4 Å². The number of aliphatic hydroxyl groups is 1. The third kappa shape index (κ3) is 10.1. The van der Waals surface area contributed by atoms with Crippen LogP contribution in [0.5, 0.6) is 11.5 Å². The van der Waals surface area contributed by atoms with Gasteiger partial charge in [-0.1, -0.05) is 148 Å². The number of aliphatic hydroxyl groups excluding tert-OH is 1. The van der Waals surface area contributed by atoms with Crippen molar-refractivity contribution in [3.63, 3.8) is 0 Å². The van der Waals surface area contributed by atoms with E-state index >= 15 is 0 Å². The summed E-state index contributed by atoms with van der Waals surface area (Å²) in [7, 11) is -1.70. The molecule has 1 radical (unpaired) electrons. The average Bonchev–Trinajstić information content (AvgIpc) is 3.08. The molecule has 5 rings (SSSR count). The van der Waals surface area contributed by atoms with E-state index in [-0.39, 0.29) is 65.5 Å². The number of hydrogen-bond acceptors (Lipinski definition) is 4. The molecule has 53 heavy (non-hydrogen) atoms. The van der Waals surface area contributed by atoms with Crippen molar-refractivity contribution in [1.29, 1.82) is 0 Å². The summed E-state index contributed by atoms with van der Waals surface area (Å²) < 4.78 is 24.0. The van der Waals surface area contributed by atoms with Crippen molar-refractivity contribution in [3.05, 3.63) is 71.6 Å². The molecule has 291 valence electrons. The fraction of sp³-hybridized carbons (Fsp3) is 0.532. The molecule has 1 aliphatic rings. The smallest absolute Gasteiger partial charge is 0.164 e. The van der Waals surface area contributed by atoms with Crippen LogP contribution in [0.3, 0.4) is 0 Å². The molecular formula is C47H66IrNO3Si-. The molecule has 4 aromatic rings. The summed E-state index contributed by atoms with van der Waals surface area (Å²) in [6.07, 6.45) is 6.58. The Hall–Kier alpha value is -2.79. The van der Waals surface area contributed by atoms with Crippen LogP contribution in [0.4, 0.5) is 0 Å². The SMILES string of the molecule is CCC(C)(CC)C(=O)/C=C(\O)C(C)(CC)CC.[2H]c1nc2c3c(cc([Si](C)(C)C)cc3c1[2H])Oc1c-2[c-]c2cc(CC(C)(C)C)ccc2c1CC(C)(C)C.[Ir]. The topological polar surface area (TPSA) is 59.4 Å². The quantitative estimate of drug-likeness (QED) is 0.0656. The van der Waals surface area contributed by atoms with Gasteiger partial charge in [-0.25, -0.2) is 0 Å². The van der Waals surface area contributed by atoms with Gasteiger partial charge in [-0.15, -0.1) is 17.5 Å². The molecule has 0 unspecified atom stereocenters. The first-order valence-corrected chi connectivity index (χ1v) is 22.9. The van der Waals surface area contributed by atoms with Crippen LogP contribution in [0.1, 0.15) is 123 Å². The van der Waals surface area contributed by atoms with E-state index in [0.717, 1.165) is 77.1 Å². The molecule has 3 aromatic carbocycles. The molecule has 1 aliphatic heterocycles. The van der Waals surface area contributed by atoms with Gasteiger partial charge in [0.15, 0.2) is 5.78 Å². The number of carbonyl (C=O) groups is 1. The zero-order chi connectivity index (χ0) is 40.8. The van der Waals surface area contributed by atoms with Crippen molar-refractivity contribution in [1.82, 2.24) is 4.98 Å². The Morgan fingerprint density at radius 1 is 0.887 bits per heavy atom. The number of benzene rings is 3. The van der Waals surface area contributed by atoms with Crippen LogP contribution >= 0.6 is 0 Å². The van der Waals surface area contributed by atoms with E-state index in [4.69, 9.17) is 7.48 Å². The minimum atomic E-state index is -1.70. The molecule has 2 heterocycles. The summed E-state index contributed by atoms with van der Waals surface area (Å²) in [5.74, 6) is 1.84. The van der Waals surface area contributed by atoms with Crippen LogP contribution in [-0.4, -0.2) is 23.9 Å². The summed E-state index contributed by atoms with van der Waals surface area (Å²) in [4.78, 5) is 16.8. The monoisotopic (exact) mass is 915 g/mol. The normalized spacial score (nSPS) is 14.1. The Bertz CT molecular complexity index is 2080. The molecule has 0 saturated carbocycles. The zero-order valence-corrected chi connectivity index (χ0v) is 38.6. The number of rotatable bonds is 10. The van der Waals surface area contributed by atoms with Crippen LogP contribution in [0.25, 0.3) is 32.8 Å². The number of fused-ring (bicyclic) bond motifs is 3. The number of ketones is 1. The van der Waals surface area contributed by atoms with Gasteiger partial charge in [0, 0.05) is 54.3 Å². The van der Waals surface area contributed by atoms with Crippen molar-refractivity contribution in [2.24, 2.45) is 21.7 Å². The zero-order valence-electron chi connectivity index (χ0n) is 37.3. The van der Waals surface area contributed by atoms with E-state index in [1.807, 2.05) is 41.5 Å². The Morgan fingerprint density at radius 2 is 1.47 bits per heavy atom. The van der Waals surface area contributed by atoms with Gasteiger partial charge in [-0.3, -0.25) is 9.78 Å². The molecule has 0 spiro atoms. The van der Waals surface area contributed by atoms with Crippen LogP contribution in [0, 0.1) is 27.7 Å². The molecular weight excluding hydrogens is 847 g/mol. The van der Waals surface area contributed by atoms with E-state index in [1.54, 1.807) is 0 Å². The minimum absolute atomic E-state index is 0. The second kappa shape index (κ2) is 16.5. The summed E-state index contributed by atoms with van der Waals surface area (Å²) in [6.45, 7) is 32.5. The molecule has 0 amide bonds. The number of allylic oxidation sites excluding steroid dienone is 2. The first-order valence-electron chi connectivity index (χ1n) is 20.4. The van der Waals surface area contributed by atoms with Crippen molar-refractivity contribution in [3.8, 4) is 22.8 Å². The summed E-state index contributed by atoms with van der Waals surface area (Å²) in [5, 5.41) is 15.2. The maximum Gasteiger partial charge on any atom is 0.164 e. The Morgan fingerprint density at radius 3 is 2.00 bits per heavy atom. The second-order valence-electron chi connectivity index (χ2n) is 19.0. The fourth-order valence-corrected chi connectivity index (χ4v) is 7.92. The number of hydrogen-bond donors (Lipinski definition) is 1. The minimum Gasteiger partial charge on any atom is -0.512 e. The Labute approximate surface area is 338 Å². The standard InChI is InChI=1S/C32H38NOSi.C15H28O2.Ir/c1-31(2,3)18-20-10-11-24-22(14-20)16-25-29-28-21(12-13-33-29)15-23(35(7,8)9)17-27(28)34-30(25)26(24)19-32(4,5)6;1-7-14(5,8-2)12(16)11-13(17)15(6,9-3)10-4;/h10-15,17H,18-19H2,1-9H3;11,16H,7-10H2,1-6H3;/q-1;;/b;12-11-;/i12D,13D;;. The van der Waals surface area contributed by atoms with E-state index in [0.29, 0.717) is 5.69 Å². The van der Waals surface area contributed by atoms with Crippen LogP contribution in [0.15, 0.2) is 54.4 Å². The molecule has 0 atom stereocenters. The summed E-state index contributed by atoms with van der Waals surface area (Å²) in [6, 6.07) is 14.8. The van der Waals surface area contributed by atoms with Crippen LogP contribution < -0.4 is 9.92 Å². The second-order valence-corrected chi connectivity index (χ2v) is 24.1. The number of aromatic nitrogens is 1. The summed E-state index contributed by atoms with van der Waals surface area (Å²) >= 11 is 0. The molecule has 1 aromatic heterocycles. The van der Waals surface area contributed by atoms with E-state index in [9.17, 15) is 9.90 Å². The maximum absolute atomic E-state index is 12.2. The van der Waals surface area contributed by atoms with Gasteiger partial charge in [0.2, 0.25) is 0 Å². The van der Waals surface area contributed by atoms with Gasteiger partial charge in [0.05, 0.1) is 16.6 Å². The molecule has 1 N–H and O–H groups in total. The molecule has 0 fully saturated rings. The Kier molecular flexibility index (Phi) is 12.9. The first kappa shape index (κ1) is 41.4. The third-order valence-electron chi connectivity index (χ3n) is 11.2. The van der Waals surface area contributed by atoms with E-state index < -0.39 is 8.07 Å². The van der Waals surface area contributed by atoms with Crippen LogP contribution in [-0.2, 0) is 37.7 Å². The van der Waals surface area contributed by atoms with Gasteiger partial charge in [-0.05, 0) is 66.8 Å². The van der Waals surface area contributed by atoms with Gasteiger partial charge in [0.1, 0.15) is 11.5 Å². The van der Waals surface area contributed by atoms with Gasteiger partial charge in [0.25, 0.3) is 0 Å². The van der Waals surface area contributed by atoms with Crippen LogP contribution in [0.2, 0.25) is 19.6 Å². The number of nitrogens with zero attached hydrogens (tertiary/aromatic N) is 1. The Balaban J connectivity index is 0.000000385. The molecule has 6 heteroatoms. The van der Waals surface area contributed by atoms with Crippen molar-refractivity contribution >= 4 is 40.6 Å². The number of pyridine rings is 1. The van der Waals surface area contributed by atoms with Gasteiger partial charge in [-0.2, -0.15) is 0 Å². The maximum atomic E-state index is 12.2. The molecule has 0 bridgehead atoms. The number of carbonyl (C=O) groups excluding carboxylic acids is 1. The molecule has 4 nitrogen and oxygen atoms in total. The fourth-order valence-electron chi connectivity index (χ4n) is 6.78. The third-order valence-corrected chi connectivity index (χ3v) is 13.2. The van der Waals surface area contributed by atoms with Crippen molar-refractivity contribution < 1.29 is 37.5 Å². The first-order chi connectivity index (χ1) is 24.8. The average molecular weight is 915 g/mol. The molecule has 0 aliphatic carbocycles. The summed E-state index contributed by atoms with van der Waals surface area (Å²) in [5.41, 5.74) is 3.61. The van der Waals surface area contributed by atoms with Crippen molar-refractivity contribution in [2.45, 2.75) is 141 Å².